The van der Waals surface area contributed by atoms with Crippen molar-refractivity contribution in [1.82, 2.24) is 10.1 Å². The summed E-state index contributed by atoms with van der Waals surface area (Å²) < 4.78 is 15.7. The van der Waals surface area contributed by atoms with Crippen LogP contribution >= 0.6 is 0 Å². The molecule has 6 heteroatoms. The van der Waals surface area contributed by atoms with Crippen molar-refractivity contribution in [2.75, 3.05) is 7.11 Å². The summed E-state index contributed by atoms with van der Waals surface area (Å²) in [7, 11) is 1.55. The van der Waals surface area contributed by atoms with E-state index in [1.807, 2.05) is 30.3 Å². The molecule has 2 aromatic heterocycles. The second-order valence-electron chi connectivity index (χ2n) is 5.14. The first-order valence-corrected chi connectivity index (χ1v) is 7.26. The van der Waals surface area contributed by atoms with Crippen LogP contribution in [0, 0.1) is 0 Å². The minimum atomic E-state index is -0.543. The van der Waals surface area contributed by atoms with Crippen molar-refractivity contribution in [3.05, 3.63) is 65.0 Å². The number of ether oxygens (including phenoxy) is 1. The molecule has 0 saturated carbocycles. The van der Waals surface area contributed by atoms with Crippen LogP contribution in [0.2, 0.25) is 0 Å². The van der Waals surface area contributed by atoms with Crippen LogP contribution in [0.3, 0.4) is 0 Å². The van der Waals surface area contributed by atoms with E-state index in [1.54, 1.807) is 31.4 Å². The average molecular weight is 320 g/mol. The Labute approximate surface area is 136 Å². The maximum absolute atomic E-state index is 12.2. The summed E-state index contributed by atoms with van der Waals surface area (Å²) in [6.07, 6.45) is 0. The van der Waals surface area contributed by atoms with E-state index in [1.165, 1.54) is 0 Å². The highest BCUT2D eigenvalue weighted by atomic mass is 16.5. The van der Waals surface area contributed by atoms with Gasteiger partial charge in [0.2, 0.25) is 5.82 Å². The van der Waals surface area contributed by atoms with Crippen LogP contribution < -0.4 is 10.4 Å². The monoisotopic (exact) mass is 320 g/mol. The molecule has 0 atom stereocenters. The second-order valence-corrected chi connectivity index (χ2v) is 5.14. The number of nitrogens with zero attached hydrogens (tertiary/aromatic N) is 2. The molecule has 0 aliphatic carbocycles. The number of hydrogen-bond donors (Lipinski definition) is 0. The number of benzene rings is 2. The highest BCUT2D eigenvalue weighted by Gasteiger charge is 2.16. The molecule has 0 fully saturated rings. The molecule has 118 valence electrons. The molecule has 4 rings (SSSR count). The van der Waals surface area contributed by atoms with Crippen LogP contribution in [0.25, 0.3) is 33.8 Å². The Kier molecular flexibility index (Phi) is 3.35. The fraction of sp³-hybridized carbons (Fsp3) is 0.0556. The second kappa shape index (κ2) is 5.66. The topological polar surface area (TPSA) is 78.4 Å². The zero-order valence-electron chi connectivity index (χ0n) is 12.7. The number of rotatable bonds is 3. The Morgan fingerprint density at radius 3 is 2.67 bits per heavy atom. The lowest BCUT2D eigenvalue weighted by atomic mass is 10.2. The first kappa shape index (κ1) is 14.2. The fourth-order valence-corrected chi connectivity index (χ4v) is 2.40. The van der Waals surface area contributed by atoms with Crippen molar-refractivity contribution < 1.29 is 13.7 Å². The van der Waals surface area contributed by atoms with Crippen LogP contribution in [-0.4, -0.2) is 17.3 Å². The maximum atomic E-state index is 12.2. The van der Waals surface area contributed by atoms with Crippen LogP contribution in [0.5, 0.6) is 5.75 Å². The minimum absolute atomic E-state index is 0.125. The molecule has 0 N–H and O–H groups in total. The summed E-state index contributed by atoms with van der Waals surface area (Å²) in [4.78, 5) is 16.5. The van der Waals surface area contributed by atoms with E-state index in [-0.39, 0.29) is 11.5 Å². The Balaban J connectivity index is 1.81. The minimum Gasteiger partial charge on any atom is -0.497 e. The van der Waals surface area contributed by atoms with E-state index in [9.17, 15) is 4.79 Å². The molecule has 0 amide bonds. The number of methoxy groups -OCH3 is 1. The Hall–Kier alpha value is -3.41. The lowest BCUT2D eigenvalue weighted by Gasteiger charge is -2.02. The van der Waals surface area contributed by atoms with Crippen molar-refractivity contribution in [1.29, 1.82) is 0 Å². The molecule has 6 nitrogen and oxygen atoms in total. The highest BCUT2D eigenvalue weighted by Crippen LogP contribution is 2.25. The third-order valence-electron chi connectivity index (χ3n) is 3.63. The molecule has 0 bridgehead atoms. The molecule has 0 radical (unpaired) electrons. The van der Waals surface area contributed by atoms with E-state index in [0.29, 0.717) is 17.2 Å². The Morgan fingerprint density at radius 2 is 1.88 bits per heavy atom. The van der Waals surface area contributed by atoms with Crippen molar-refractivity contribution in [2.45, 2.75) is 0 Å². The summed E-state index contributed by atoms with van der Waals surface area (Å²) in [6.45, 7) is 0. The van der Waals surface area contributed by atoms with E-state index < -0.39 is 5.63 Å². The zero-order valence-corrected chi connectivity index (χ0v) is 12.7. The summed E-state index contributed by atoms with van der Waals surface area (Å²) >= 11 is 0. The van der Waals surface area contributed by atoms with Gasteiger partial charge in [0, 0.05) is 17.0 Å². The lowest BCUT2D eigenvalue weighted by molar-refractivity contribution is 0.414. The Morgan fingerprint density at radius 1 is 1.04 bits per heavy atom. The first-order valence-electron chi connectivity index (χ1n) is 7.26. The van der Waals surface area contributed by atoms with Gasteiger partial charge in [0.15, 0.2) is 0 Å². The van der Waals surface area contributed by atoms with Crippen LogP contribution in [0.4, 0.5) is 0 Å². The molecule has 4 aromatic rings. The van der Waals surface area contributed by atoms with E-state index in [4.69, 9.17) is 13.7 Å². The van der Waals surface area contributed by atoms with Crippen molar-refractivity contribution in [3.63, 3.8) is 0 Å². The number of fused-ring (bicyclic) bond motifs is 1. The van der Waals surface area contributed by atoms with Gasteiger partial charge < -0.3 is 13.7 Å². The number of aromatic nitrogens is 2. The van der Waals surface area contributed by atoms with Gasteiger partial charge in [0.25, 0.3) is 5.89 Å². The summed E-state index contributed by atoms with van der Waals surface area (Å²) in [6, 6.07) is 16.3. The van der Waals surface area contributed by atoms with E-state index in [0.717, 1.165) is 10.9 Å². The molecule has 0 aliphatic rings. The summed E-state index contributed by atoms with van der Waals surface area (Å²) in [5.74, 6) is 1.16. The standard InChI is InChI=1S/C18H12N2O4/c1-22-13-8-7-12-9-14(18(21)23-15(12)10-13)17-19-16(20-24-17)11-5-3-2-4-6-11/h2-10H,1H3. The normalized spacial score (nSPS) is 10.9. The fourth-order valence-electron chi connectivity index (χ4n) is 2.40. The molecule has 2 aromatic carbocycles. The predicted octanol–water partition coefficient (Wildman–Crippen LogP) is 3.52. The average Bonchev–Trinajstić information content (AvgIpc) is 3.11. The Bertz CT molecular complexity index is 1070. The van der Waals surface area contributed by atoms with Gasteiger partial charge in [-0.2, -0.15) is 4.98 Å². The zero-order chi connectivity index (χ0) is 16.5. The summed E-state index contributed by atoms with van der Waals surface area (Å²) in [5, 5.41) is 4.67. The molecule has 24 heavy (non-hydrogen) atoms. The van der Waals surface area contributed by atoms with Crippen molar-refractivity contribution in [2.24, 2.45) is 0 Å². The van der Waals surface area contributed by atoms with Crippen LogP contribution in [-0.2, 0) is 0 Å². The SMILES string of the molecule is COc1ccc2cc(-c3nc(-c4ccccc4)no3)c(=O)oc2c1. The highest BCUT2D eigenvalue weighted by molar-refractivity contribution is 5.81. The van der Waals surface area contributed by atoms with Gasteiger partial charge in [0.1, 0.15) is 16.9 Å². The maximum Gasteiger partial charge on any atom is 0.349 e. The van der Waals surface area contributed by atoms with Crippen molar-refractivity contribution >= 4 is 11.0 Å². The van der Waals surface area contributed by atoms with Gasteiger partial charge in [-0.25, -0.2) is 4.79 Å². The van der Waals surface area contributed by atoms with Crippen molar-refractivity contribution in [3.8, 4) is 28.6 Å². The first-order chi connectivity index (χ1) is 11.7. The van der Waals surface area contributed by atoms with Crippen LogP contribution in [0.15, 0.2) is 68.3 Å². The molecule has 0 spiro atoms. The van der Waals surface area contributed by atoms with Gasteiger partial charge in [-0.3, -0.25) is 0 Å². The van der Waals surface area contributed by atoms with Gasteiger partial charge in [0.05, 0.1) is 7.11 Å². The van der Waals surface area contributed by atoms with E-state index in [2.05, 4.69) is 10.1 Å². The van der Waals surface area contributed by atoms with Gasteiger partial charge in [-0.15, -0.1) is 0 Å². The lowest BCUT2D eigenvalue weighted by Crippen LogP contribution is -2.03. The molecular weight excluding hydrogens is 308 g/mol. The van der Waals surface area contributed by atoms with E-state index >= 15 is 0 Å². The quantitative estimate of drug-likeness (QED) is 0.537. The predicted molar refractivity (Wildman–Crippen MR) is 87.8 cm³/mol. The van der Waals surface area contributed by atoms with Gasteiger partial charge in [-0.05, 0) is 18.2 Å². The van der Waals surface area contributed by atoms with Gasteiger partial charge in [-0.1, -0.05) is 35.5 Å². The van der Waals surface area contributed by atoms with Crippen LogP contribution in [0.1, 0.15) is 0 Å². The largest absolute Gasteiger partial charge is 0.497 e. The molecule has 0 saturated heterocycles. The number of hydrogen-bond acceptors (Lipinski definition) is 6. The molecule has 0 unspecified atom stereocenters. The third kappa shape index (κ3) is 2.44. The summed E-state index contributed by atoms with van der Waals surface area (Å²) in [5.41, 5.74) is 0.926. The molecule has 2 heterocycles. The molecule has 0 aliphatic heterocycles. The molecular formula is C18H12N2O4. The smallest absolute Gasteiger partial charge is 0.349 e. The van der Waals surface area contributed by atoms with Gasteiger partial charge >= 0.3 is 5.63 Å². The third-order valence-corrected chi connectivity index (χ3v) is 3.63.